The van der Waals surface area contributed by atoms with Crippen molar-refractivity contribution < 1.29 is 24.2 Å². The van der Waals surface area contributed by atoms with Gasteiger partial charge in [-0.2, -0.15) is 5.10 Å². The Kier molecular flexibility index (Phi) is 6.50. The number of ether oxygens (including phenoxy) is 2. The number of nitrogens with zero attached hydrogens (tertiary/aromatic N) is 1. The van der Waals surface area contributed by atoms with Crippen LogP contribution in [0, 0.1) is 0 Å². The summed E-state index contributed by atoms with van der Waals surface area (Å²) in [5.74, 6) is -1.23. The number of halogens is 1. The van der Waals surface area contributed by atoms with Crippen LogP contribution >= 0.6 is 15.9 Å². The minimum absolute atomic E-state index is 0.0337. The highest BCUT2D eigenvalue weighted by Crippen LogP contribution is 2.23. The molecule has 0 atom stereocenters. The van der Waals surface area contributed by atoms with E-state index in [0.717, 1.165) is 4.47 Å². The summed E-state index contributed by atoms with van der Waals surface area (Å²) in [4.78, 5) is 24.7. The van der Waals surface area contributed by atoms with E-state index in [4.69, 9.17) is 9.47 Å². The molecule has 3 N–H and O–H groups in total. The number of phenols is 1. The van der Waals surface area contributed by atoms with Crippen LogP contribution in [0.1, 0.15) is 17.3 Å². The van der Waals surface area contributed by atoms with E-state index in [1.165, 1.54) is 12.1 Å². The fourth-order valence-electron chi connectivity index (χ4n) is 2.52. The first-order valence-corrected chi connectivity index (χ1v) is 9.51. The molecule has 0 spiro atoms. The van der Waals surface area contributed by atoms with Gasteiger partial charge in [-0.05, 0) is 43.3 Å². The first-order chi connectivity index (χ1) is 14.0. The molecule has 0 aromatic heterocycles. The van der Waals surface area contributed by atoms with Crippen LogP contribution in [-0.4, -0.2) is 35.9 Å². The van der Waals surface area contributed by atoms with Crippen LogP contribution in [-0.2, 0) is 14.3 Å². The molecule has 0 fully saturated rings. The molecule has 1 heterocycles. The van der Waals surface area contributed by atoms with Crippen molar-refractivity contribution in [3.63, 3.8) is 0 Å². The van der Waals surface area contributed by atoms with Crippen LogP contribution in [0.3, 0.4) is 0 Å². The van der Waals surface area contributed by atoms with Gasteiger partial charge >= 0.3 is 5.97 Å². The van der Waals surface area contributed by atoms with Crippen molar-refractivity contribution in [2.45, 2.75) is 6.92 Å². The lowest BCUT2D eigenvalue weighted by atomic mass is 10.2. The summed E-state index contributed by atoms with van der Waals surface area (Å²) in [5, 5.41) is 16.8. The Labute approximate surface area is 175 Å². The van der Waals surface area contributed by atoms with Crippen LogP contribution < -0.4 is 10.7 Å². The summed E-state index contributed by atoms with van der Waals surface area (Å²) in [6, 6.07) is 13.3. The molecule has 150 valence electrons. The minimum Gasteiger partial charge on any atom is -0.507 e. The lowest BCUT2D eigenvalue weighted by molar-refractivity contribution is -0.137. The van der Waals surface area contributed by atoms with E-state index in [0.29, 0.717) is 5.69 Å². The van der Waals surface area contributed by atoms with E-state index in [-0.39, 0.29) is 41.7 Å². The Balaban J connectivity index is 1.85. The largest absolute Gasteiger partial charge is 0.507 e. The van der Waals surface area contributed by atoms with E-state index in [1.54, 1.807) is 31.2 Å². The van der Waals surface area contributed by atoms with Gasteiger partial charge in [0.05, 0.1) is 12.2 Å². The second kappa shape index (κ2) is 9.24. The van der Waals surface area contributed by atoms with Gasteiger partial charge in [0.1, 0.15) is 23.6 Å². The van der Waals surface area contributed by atoms with Crippen LogP contribution in [0.5, 0.6) is 5.75 Å². The number of hydrogen-bond donors (Lipinski definition) is 3. The number of nitrogens with one attached hydrogen (secondary N) is 2. The van der Waals surface area contributed by atoms with Crippen molar-refractivity contribution in [2.75, 3.05) is 18.5 Å². The molecule has 0 unspecified atom stereocenters. The number of carbonyl (C=O) groups excluding carboxylic acids is 2. The second-order valence-corrected chi connectivity index (χ2v) is 6.78. The number of carbonyl (C=O) groups is 2. The number of rotatable bonds is 6. The van der Waals surface area contributed by atoms with E-state index < -0.39 is 11.9 Å². The predicted molar refractivity (Wildman–Crippen MR) is 110 cm³/mol. The van der Waals surface area contributed by atoms with Crippen LogP contribution in [0.4, 0.5) is 5.69 Å². The lowest BCUT2D eigenvalue weighted by Gasteiger charge is -2.09. The molecule has 8 nitrogen and oxygen atoms in total. The van der Waals surface area contributed by atoms with Gasteiger partial charge in [0.25, 0.3) is 5.91 Å². The predicted octanol–water partition coefficient (Wildman–Crippen LogP) is 3.16. The Morgan fingerprint density at radius 2 is 1.93 bits per heavy atom. The molecule has 9 heteroatoms. The smallest absolute Gasteiger partial charge is 0.345 e. The molecule has 0 saturated heterocycles. The van der Waals surface area contributed by atoms with Gasteiger partial charge in [-0.25, -0.2) is 10.2 Å². The first kappa shape index (κ1) is 20.4. The number of anilines is 1. The molecule has 1 aliphatic heterocycles. The summed E-state index contributed by atoms with van der Waals surface area (Å²) in [5.41, 5.74) is 3.38. The van der Waals surface area contributed by atoms with Crippen LogP contribution in [0.15, 0.2) is 69.6 Å². The SMILES string of the molecule is CCOC(=O)C1=C(Nc2ccc(Br)cc2)OC/C1=N\NC(=O)c1ccccc1O. The van der Waals surface area contributed by atoms with Gasteiger partial charge in [0.2, 0.25) is 5.88 Å². The Morgan fingerprint density at radius 1 is 1.21 bits per heavy atom. The number of hydrazone groups is 1. The molecule has 0 saturated carbocycles. The number of benzene rings is 2. The highest BCUT2D eigenvalue weighted by Gasteiger charge is 2.31. The molecular formula is C20H18BrN3O5. The maximum Gasteiger partial charge on any atom is 0.345 e. The Bertz CT molecular complexity index is 986. The van der Waals surface area contributed by atoms with Gasteiger partial charge in [0, 0.05) is 10.2 Å². The zero-order chi connectivity index (χ0) is 20.8. The maximum absolute atomic E-state index is 12.4. The quantitative estimate of drug-likeness (QED) is 0.452. The van der Waals surface area contributed by atoms with Crippen molar-refractivity contribution in [3.05, 3.63) is 70.0 Å². The second-order valence-electron chi connectivity index (χ2n) is 5.86. The average Bonchev–Trinajstić information content (AvgIpc) is 3.11. The van der Waals surface area contributed by atoms with Crippen LogP contribution in [0.25, 0.3) is 0 Å². The third-order valence-corrected chi connectivity index (χ3v) is 4.42. The van der Waals surface area contributed by atoms with Crippen molar-refractivity contribution in [3.8, 4) is 5.75 Å². The third kappa shape index (κ3) is 4.94. The monoisotopic (exact) mass is 459 g/mol. The normalized spacial score (nSPS) is 14.5. The van der Waals surface area contributed by atoms with Crippen molar-refractivity contribution in [1.82, 2.24) is 5.43 Å². The molecule has 2 aromatic carbocycles. The standard InChI is InChI=1S/C20H18BrN3O5/c1-2-28-20(27)17-15(23-24-18(26)14-5-3-4-6-16(14)25)11-29-19(17)22-13-9-7-12(21)8-10-13/h3-10,22,25H,2,11H2,1H3,(H,24,26)/b23-15+. The third-order valence-electron chi connectivity index (χ3n) is 3.89. The molecule has 0 bridgehead atoms. The topological polar surface area (TPSA) is 109 Å². The highest BCUT2D eigenvalue weighted by molar-refractivity contribution is 9.10. The van der Waals surface area contributed by atoms with E-state index in [1.807, 2.05) is 12.1 Å². The zero-order valence-corrected chi connectivity index (χ0v) is 17.0. The fourth-order valence-corrected chi connectivity index (χ4v) is 2.79. The molecule has 0 radical (unpaired) electrons. The Hall–Kier alpha value is -3.33. The van der Waals surface area contributed by atoms with Crippen molar-refractivity contribution in [2.24, 2.45) is 5.10 Å². The maximum atomic E-state index is 12.4. The van der Waals surface area contributed by atoms with E-state index in [9.17, 15) is 14.7 Å². The molecule has 2 aromatic rings. The minimum atomic E-state index is -0.625. The fraction of sp³-hybridized carbons (Fsp3) is 0.150. The van der Waals surface area contributed by atoms with Crippen molar-refractivity contribution >= 4 is 39.2 Å². The molecule has 0 aliphatic carbocycles. The van der Waals surface area contributed by atoms with Gasteiger partial charge in [-0.3, -0.25) is 4.79 Å². The van der Waals surface area contributed by atoms with Gasteiger partial charge in [0.15, 0.2) is 0 Å². The summed E-state index contributed by atoms with van der Waals surface area (Å²) in [7, 11) is 0. The Morgan fingerprint density at radius 3 is 2.62 bits per heavy atom. The first-order valence-electron chi connectivity index (χ1n) is 8.71. The molecule has 1 aliphatic rings. The summed E-state index contributed by atoms with van der Waals surface area (Å²) >= 11 is 3.36. The van der Waals surface area contributed by atoms with Gasteiger partial charge in [-0.1, -0.05) is 28.1 Å². The summed E-state index contributed by atoms with van der Waals surface area (Å²) in [6.07, 6.45) is 0. The number of esters is 1. The lowest BCUT2D eigenvalue weighted by Crippen LogP contribution is -2.23. The van der Waals surface area contributed by atoms with Gasteiger partial charge in [-0.15, -0.1) is 0 Å². The van der Waals surface area contributed by atoms with Crippen LogP contribution in [0.2, 0.25) is 0 Å². The average molecular weight is 460 g/mol. The molecule has 1 amide bonds. The highest BCUT2D eigenvalue weighted by atomic mass is 79.9. The molecular weight excluding hydrogens is 442 g/mol. The number of amides is 1. The van der Waals surface area contributed by atoms with Crippen molar-refractivity contribution in [1.29, 1.82) is 0 Å². The summed E-state index contributed by atoms with van der Waals surface area (Å²) < 4.78 is 11.6. The molecule has 3 rings (SSSR count). The number of para-hydroxylation sites is 1. The van der Waals surface area contributed by atoms with Gasteiger partial charge < -0.3 is 19.9 Å². The molecule has 29 heavy (non-hydrogen) atoms. The van der Waals surface area contributed by atoms with E-state index in [2.05, 4.69) is 31.8 Å². The summed E-state index contributed by atoms with van der Waals surface area (Å²) in [6.45, 7) is 1.83. The number of hydrogen-bond acceptors (Lipinski definition) is 7. The number of phenolic OH excluding ortho intramolecular Hbond substituents is 1. The van der Waals surface area contributed by atoms with E-state index >= 15 is 0 Å². The zero-order valence-electron chi connectivity index (χ0n) is 15.4. The number of aromatic hydroxyl groups is 1.